The Balaban J connectivity index is 2.32. The molecule has 0 bridgehead atoms. The molecule has 1 amide bonds. The van der Waals surface area contributed by atoms with Crippen LogP contribution in [0.25, 0.3) is 0 Å². The molecule has 0 saturated carbocycles. The molecule has 29 heavy (non-hydrogen) atoms. The van der Waals surface area contributed by atoms with Crippen LogP contribution in [0.3, 0.4) is 0 Å². The number of para-hydroxylation sites is 1. The summed E-state index contributed by atoms with van der Waals surface area (Å²) in [5, 5.41) is 0. The van der Waals surface area contributed by atoms with Gasteiger partial charge in [0.2, 0.25) is 5.91 Å². The smallest absolute Gasteiger partial charge is 0.339 e. The van der Waals surface area contributed by atoms with Gasteiger partial charge in [-0.1, -0.05) is 39.0 Å². The lowest BCUT2D eigenvalue weighted by atomic mass is 10.1. The van der Waals surface area contributed by atoms with E-state index in [9.17, 15) is 13.2 Å². The molecule has 0 aliphatic rings. The highest BCUT2D eigenvalue weighted by Gasteiger charge is 2.24. The molecule has 2 rings (SSSR count). The van der Waals surface area contributed by atoms with Crippen LogP contribution in [0.5, 0.6) is 11.5 Å². The highest BCUT2D eigenvalue weighted by molar-refractivity contribution is 7.87. The summed E-state index contributed by atoms with van der Waals surface area (Å²) in [7, 11) is -2.51. The Morgan fingerprint density at radius 1 is 1.03 bits per heavy atom. The summed E-state index contributed by atoms with van der Waals surface area (Å²) < 4.78 is 36.0. The van der Waals surface area contributed by atoms with Gasteiger partial charge in [0.05, 0.1) is 7.11 Å². The fourth-order valence-corrected chi connectivity index (χ4v) is 3.78. The molecule has 0 heterocycles. The number of carbonyl (C=O) groups is 1. The number of amides is 1. The summed E-state index contributed by atoms with van der Waals surface area (Å²) in [4.78, 5) is 14.5. The van der Waals surface area contributed by atoms with Crippen LogP contribution in [0.2, 0.25) is 0 Å². The number of nitrogens with zero attached hydrogens (tertiary/aromatic N) is 1. The van der Waals surface area contributed by atoms with E-state index in [4.69, 9.17) is 8.92 Å². The number of ether oxygens (including phenoxy) is 1. The molecule has 0 spiro atoms. The van der Waals surface area contributed by atoms with Gasteiger partial charge in [-0.25, -0.2) is 0 Å². The molecule has 6 nitrogen and oxygen atoms in total. The minimum atomic E-state index is -4.02. The molecule has 7 heteroatoms. The van der Waals surface area contributed by atoms with E-state index in [1.165, 1.54) is 19.2 Å². The zero-order valence-corrected chi connectivity index (χ0v) is 18.4. The maximum atomic E-state index is 12.7. The molecule has 0 N–H and O–H groups in total. The van der Waals surface area contributed by atoms with Crippen LogP contribution in [0.4, 0.5) is 0 Å². The quantitative estimate of drug-likeness (QED) is 0.568. The standard InChI is InChI=1S/C22H29NO5S/c1-6-17(4)23(22(24)16(2)3)15-18-9-7-8-10-21(18)28-29(25,26)20-13-11-19(27-5)12-14-20/h7-14,16-17H,6,15H2,1-5H3/t17-/m0/s1. The van der Waals surface area contributed by atoms with Crippen LogP contribution in [0, 0.1) is 5.92 Å². The van der Waals surface area contributed by atoms with Gasteiger partial charge in [0, 0.05) is 24.1 Å². The molecule has 0 aliphatic heterocycles. The van der Waals surface area contributed by atoms with Crippen LogP contribution in [0.15, 0.2) is 53.4 Å². The highest BCUT2D eigenvalue weighted by atomic mass is 32.2. The Morgan fingerprint density at radius 3 is 2.21 bits per heavy atom. The lowest BCUT2D eigenvalue weighted by molar-refractivity contribution is -0.137. The predicted octanol–water partition coefficient (Wildman–Crippen LogP) is 4.25. The summed E-state index contributed by atoms with van der Waals surface area (Å²) in [6.45, 7) is 7.99. The van der Waals surface area contributed by atoms with E-state index in [0.717, 1.165) is 6.42 Å². The van der Waals surface area contributed by atoms with Crippen LogP contribution >= 0.6 is 0 Å². The van der Waals surface area contributed by atoms with E-state index >= 15 is 0 Å². The second-order valence-corrected chi connectivity index (χ2v) is 8.75. The molecule has 0 radical (unpaired) electrons. The minimum Gasteiger partial charge on any atom is -0.497 e. The van der Waals surface area contributed by atoms with Crippen LogP contribution in [-0.4, -0.2) is 32.4 Å². The maximum Gasteiger partial charge on any atom is 0.339 e. The first-order valence-electron chi connectivity index (χ1n) is 9.66. The molecule has 0 aliphatic carbocycles. The summed E-state index contributed by atoms with van der Waals surface area (Å²) >= 11 is 0. The van der Waals surface area contributed by atoms with Gasteiger partial charge in [-0.05, 0) is 43.7 Å². The number of hydrogen-bond acceptors (Lipinski definition) is 5. The summed E-state index contributed by atoms with van der Waals surface area (Å²) in [5.41, 5.74) is 0.638. The topological polar surface area (TPSA) is 72.9 Å². The third-order valence-corrected chi connectivity index (χ3v) is 6.01. The van der Waals surface area contributed by atoms with Gasteiger partial charge in [-0.15, -0.1) is 0 Å². The predicted molar refractivity (Wildman–Crippen MR) is 112 cm³/mol. The van der Waals surface area contributed by atoms with E-state index in [1.54, 1.807) is 41.3 Å². The average Bonchev–Trinajstić information content (AvgIpc) is 2.71. The molecular weight excluding hydrogens is 390 g/mol. The molecular formula is C22H29NO5S. The second-order valence-electron chi connectivity index (χ2n) is 7.20. The van der Waals surface area contributed by atoms with Gasteiger partial charge >= 0.3 is 10.1 Å². The lowest BCUT2D eigenvalue weighted by Crippen LogP contribution is -2.40. The Kier molecular flexibility index (Phi) is 7.67. The molecule has 0 unspecified atom stereocenters. The van der Waals surface area contributed by atoms with Crippen molar-refractivity contribution in [2.45, 2.75) is 51.6 Å². The van der Waals surface area contributed by atoms with E-state index in [1.807, 2.05) is 27.7 Å². The van der Waals surface area contributed by atoms with Gasteiger partial charge in [-0.3, -0.25) is 4.79 Å². The summed E-state index contributed by atoms with van der Waals surface area (Å²) in [5.74, 6) is 0.640. The SMILES string of the molecule is CC[C@H](C)N(Cc1ccccc1OS(=O)(=O)c1ccc(OC)cc1)C(=O)C(C)C. The summed E-state index contributed by atoms with van der Waals surface area (Å²) in [6, 6.07) is 12.9. The van der Waals surface area contributed by atoms with Crippen LogP contribution in [0.1, 0.15) is 39.7 Å². The lowest BCUT2D eigenvalue weighted by Gasteiger charge is -2.30. The van der Waals surface area contributed by atoms with E-state index in [-0.39, 0.29) is 35.1 Å². The Hall–Kier alpha value is -2.54. The Morgan fingerprint density at radius 2 is 1.66 bits per heavy atom. The van der Waals surface area contributed by atoms with E-state index in [0.29, 0.717) is 11.3 Å². The number of benzene rings is 2. The number of rotatable bonds is 9. The fourth-order valence-electron chi connectivity index (χ4n) is 2.81. The number of hydrogen-bond donors (Lipinski definition) is 0. The normalized spacial score (nSPS) is 12.5. The van der Waals surface area contributed by atoms with Crippen molar-refractivity contribution in [3.8, 4) is 11.5 Å². The monoisotopic (exact) mass is 419 g/mol. The third kappa shape index (κ3) is 5.73. The van der Waals surface area contributed by atoms with Gasteiger partial charge in [0.25, 0.3) is 0 Å². The number of methoxy groups -OCH3 is 1. The van der Waals surface area contributed by atoms with Crippen molar-refractivity contribution in [1.82, 2.24) is 4.90 Å². The number of carbonyl (C=O) groups excluding carboxylic acids is 1. The summed E-state index contributed by atoms with van der Waals surface area (Å²) in [6.07, 6.45) is 0.797. The van der Waals surface area contributed by atoms with Crippen molar-refractivity contribution in [1.29, 1.82) is 0 Å². The fraction of sp³-hybridized carbons (Fsp3) is 0.409. The van der Waals surface area contributed by atoms with Crippen molar-refractivity contribution in [2.24, 2.45) is 5.92 Å². The van der Waals surface area contributed by atoms with Crippen molar-refractivity contribution in [3.05, 3.63) is 54.1 Å². The van der Waals surface area contributed by atoms with Crippen molar-refractivity contribution < 1.29 is 22.1 Å². The van der Waals surface area contributed by atoms with Crippen molar-refractivity contribution in [3.63, 3.8) is 0 Å². The molecule has 158 valence electrons. The molecule has 2 aromatic rings. The minimum absolute atomic E-state index is 0.0205. The first-order chi connectivity index (χ1) is 13.7. The molecule has 1 atom stereocenters. The molecule has 0 aromatic heterocycles. The first-order valence-corrected chi connectivity index (χ1v) is 11.1. The molecule has 2 aromatic carbocycles. The van der Waals surface area contributed by atoms with Gasteiger partial charge < -0.3 is 13.8 Å². The van der Waals surface area contributed by atoms with Crippen molar-refractivity contribution in [2.75, 3.05) is 7.11 Å². The largest absolute Gasteiger partial charge is 0.497 e. The zero-order valence-electron chi connectivity index (χ0n) is 17.6. The van der Waals surface area contributed by atoms with Gasteiger partial charge in [0.15, 0.2) is 0 Å². The Bertz CT molecular complexity index is 922. The van der Waals surface area contributed by atoms with E-state index in [2.05, 4.69) is 0 Å². The van der Waals surface area contributed by atoms with E-state index < -0.39 is 10.1 Å². The maximum absolute atomic E-state index is 12.7. The van der Waals surface area contributed by atoms with Gasteiger partial charge in [0.1, 0.15) is 16.4 Å². The Labute approximate surface area is 173 Å². The average molecular weight is 420 g/mol. The zero-order chi connectivity index (χ0) is 21.6. The van der Waals surface area contributed by atoms with Crippen LogP contribution < -0.4 is 8.92 Å². The van der Waals surface area contributed by atoms with Gasteiger partial charge in [-0.2, -0.15) is 8.42 Å². The first kappa shape index (κ1) is 22.7. The second kappa shape index (κ2) is 9.78. The third-order valence-electron chi connectivity index (χ3n) is 4.76. The molecule has 0 saturated heterocycles. The highest BCUT2D eigenvalue weighted by Crippen LogP contribution is 2.26. The van der Waals surface area contributed by atoms with Crippen molar-refractivity contribution >= 4 is 16.0 Å². The molecule has 0 fully saturated rings. The van der Waals surface area contributed by atoms with Crippen LogP contribution in [-0.2, 0) is 21.5 Å².